The molecule has 0 radical (unpaired) electrons. The van der Waals surface area contributed by atoms with Gasteiger partial charge in [0.1, 0.15) is 16.6 Å². The molecule has 0 aliphatic carbocycles. The van der Waals surface area contributed by atoms with Gasteiger partial charge in [0.25, 0.3) is 0 Å². The zero-order valence-corrected chi connectivity index (χ0v) is 14.9. The van der Waals surface area contributed by atoms with Crippen molar-refractivity contribution in [1.29, 1.82) is 5.41 Å². The molecular weight excluding hydrogens is 338 g/mol. The minimum atomic E-state index is -0.259. The molecule has 0 spiro atoms. The number of esters is 1. The highest BCUT2D eigenvalue weighted by atomic mass is 32.1. The molecule has 0 atom stereocenters. The molecule has 0 saturated heterocycles. The SMILES string of the molecule is CCOC(=O)Cc1ccc(N2CC(O)=C(c3nc(C)cs3)C2=N)cc1. The van der Waals surface area contributed by atoms with E-state index in [4.69, 9.17) is 10.1 Å². The molecule has 0 amide bonds. The molecule has 0 fully saturated rings. The zero-order chi connectivity index (χ0) is 18.0. The van der Waals surface area contributed by atoms with Crippen molar-refractivity contribution in [1.82, 2.24) is 4.98 Å². The van der Waals surface area contributed by atoms with Crippen molar-refractivity contribution >= 4 is 34.4 Å². The van der Waals surface area contributed by atoms with E-state index in [0.29, 0.717) is 17.2 Å². The Balaban J connectivity index is 1.75. The number of aryl methyl sites for hydroxylation is 1. The van der Waals surface area contributed by atoms with E-state index in [1.54, 1.807) is 11.8 Å². The van der Waals surface area contributed by atoms with Crippen LogP contribution in [0.25, 0.3) is 5.57 Å². The second kappa shape index (κ2) is 7.06. The second-order valence-electron chi connectivity index (χ2n) is 5.70. The van der Waals surface area contributed by atoms with Crippen LogP contribution in [0.5, 0.6) is 0 Å². The lowest BCUT2D eigenvalue weighted by molar-refractivity contribution is -0.142. The van der Waals surface area contributed by atoms with Gasteiger partial charge >= 0.3 is 5.97 Å². The maximum atomic E-state index is 11.5. The van der Waals surface area contributed by atoms with Gasteiger partial charge in [0, 0.05) is 16.8 Å². The van der Waals surface area contributed by atoms with Gasteiger partial charge in [-0.3, -0.25) is 10.2 Å². The number of thiazole rings is 1. The maximum absolute atomic E-state index is 11.5. The van der Waals surface area contributed by atoms with Crippen molar-refractivity contribution in [2.45, 2.75) is 20.3 Å². The quantitative estimate of drug-likeness (QED) is 0.802. The predicted molar refractivity (Wildman–Crippen MR) is 98.3 cm³/mol. The molecule has 130 valence electrons. The topological polar surface area (TPSA) is 86.5 Å². The van der Waals surface area contributed by atoms with E-state index in [0.717, 1.165) is 16.9 Å². The van der Waals surface area contributed by atoms with E-state index in [1.165, 1.54) is 11.3 Å². The Morgan fingerprint density at radius 1 is 1.40 bits per heavy atom. The van der Waals surface area contributed by atoms with Gasteiger partial charge in [-0.15, -0.1) is 11.3 Å². The van der Waals surface area contributed by atoms with Crippen LogP contribution < -0.4 is 4.90 Å². The predicted octanol–water partition coefficient (Wildman–Crippen LogP) is 3.32. The van der Waals surface area contributed by atoms with E-state index >= 15 is 0 Å². The van der Waals surface area contributed by atoms with Crippen LogP contribution in [0.1, 0.15) is 23.2 Å². The summed E-state index contributed by atoms with van der Waals surface area (Å²) in [5.74, 6) is 0.116. The van der Waals surface area contributed by atoms with Gasteiger partial charge < -0.3 is 14.7 Å². The molecule has 1 aliphatic rings. The van der Waals surface area contributed by atoms with Gasteiger partial charge in [0.2, 0.25) is 0 Å². The molecule has 2 heterocycles. The van der Waals surface area contributed by atoms with Crippen molar-refractivity contribution in [3.05, 3.63) is 51.7 Å². The summed E-state index contributed by atoms with van der Waals surface area (Å²) < 4.78 is 4.94. The molecule has 2 aromatic rings. The van der Waals surface area contributed by atoms with Gasteiger partial charge in [0.05, 0.1) is 25.1 Å². The maximum Gasteiger partial charge on any atom is 0.310 e. The Labute approximate surface area is 149 Å². The molecular formula is C18H19N3O3S. The van der Waals surface area contributed by atoms with Crippen LogP contribution in [0.2, 0.25) is 0 Å². The van der Waals surface area contributed by atoms with Gasteiger partial charge in [-0.1, -0.05) is 12.1 Å². The highest BCUT2D eigenvalue weighted by molar-refractivity contribution is 7.11. The molecule has 7 heteroatoms. The summed E-state index contributed by atoms with van der Waals surface area (Å²) in [6, 6.07) is 7.35. The third-order valence-electron chi connectivity index (χ3n) is 3.84. The molecule has 1 aromatic carbocycles. The van der Waals surface area contributed by atoms with Crippen LogP contribution >= 0.6 is 11.3 Å². The Hall–Kier alpha value is -2.67. The number of carbonyl (C=O) groups excluding carboxylic acids is 1. The number of amidine groups is 1. The summed E-state index contributed by atoms with van der Waals surface area (Å²) in [5, 5.41) is 21.2. The second-order valence-corrected chi connectivity index (χ2v) is 6.56. The number of nitrogens with one attached hydrogen (secondary N) is 1. The number of hydrogen-bond acceptors (Lipinski definition) is 6. The monoisotopic (exact) mass is 357 g/mol. The van der Waals surface area contributed by atoms with Crippen LogP contribution in [0.4, 0.5) is 5.69 Å². The van der Waals surface area contributed by atoms with E-state index < -0.39 is 0 Å². The molecule has 0 unspecified atom stereocenters. The summed E-state index contributed by atoms with van der Waals surface area (Å²) in [7, 11) is 0. The van der Waals surface area contributed by atoms with Crippen molar-refractivity contribution in [2.75, 3.05) is 18.1 Å². The van der Waals surface area contributed by atoms with Crippen LogP contribution in [0.15, 0.2) is 35.4 Å². The third kappa shape index (κ3) is 3.56. The number of ether oxygens (including phenoxy) is 1. The fraction of sp³-hybridized carbons (Fsp3) is 0.278. The number of aliphatic hydroxyl groups excluding tert-OH is 1. The fourth-order valence-electron chi connectivity index (χ4n) is 2.67. The molecule has 6 nitrogen and oxygen atoms in total. The number of benzene rings is 1. The normalized spacial score (nSPS) is 14.3. The highest BCUT2D eigenvalue weighted by Gasteiger charge is 2.31. The first kappa shape index (κ1) is 17.2. The largest absolute Gasteiger partial charge is 0.510 e. The molecule has 25 heavy (non-hydrogen) atoms. The van der Waals surface area contributed by atoms with Crippen LogP contribution in [0, 0.1) is 12.3 Å². The molecule has 0 bridgehead atoms. The summed E-state index contributed by atoms with van der Waals surface area (Å²) in [6.07, 6.45) is 0.221. The van der Waals surface area contributed by atoms with Crippen molar-refractivity contribution in [2.24, 2.45) is 0 Å². The minimum Gasteiger partial charge on any atom is -0.510 e. The molecule has 1 aliphatic heterocycles. The standard InChI is InChI=1S/C18H19N3O3S/c1-3-24-15(23)8-12-4-6-13(7-5-12)21-9-14(22)16(17(21)19)18-20-11(2)10-25-18/h4-7,10,19,22H,3,8-9H2,1-2H3. The summed E-state index contributed by atoms with van der Waals surface area (Å²) in [5.41, 5.74) is 2.98. The van der Waals surface area contributed by atoms with Crippen molar-refractivity contribution < 1.29 is 14.6 Å². The van der Waals surface area contributed by atoms with Crippen molar-refractivity contribution in [3.8, 4) is 0 Å². The van der Waals surface area contributed by atoms with E-state index in [9.17, 15) is 9.90 Å². The van der Waals surface area contributed by atoms with Crippen LogP contribution in [-0.4, -0.2) is 35.0 Å². The van der Waals surface area contributed by atoms with E-state index in [-0.39, 0.29) is 30.5 Å². The lowest BCUT2D eigenvalue weighted by atomic mass is 10.1. The van der Waals surface area contributed by atoms with E-state index in [2.05, 4.69) is 4.98 Å². The summed E-state index contributed by atoms with van der Waals surface area (Å²) in [4.78, 5) is 17.6. The zero-order valence-electron chi connectivity index (χ0n) is 14.1. The third-order valence-corrected chi connectivity index (χ3v) is 4.82. The Bertz CT molecular complexity index is 840. The lowest BCUT2D eigenvalue weighted by Gasteiger charge is -2.19. The average Bonchev–Trinajstić information content (AvgIpc) is 3.11. The lowest BCUT2D eigenvalue weighted by Crippen LogP contribution is -2.26. The summed E-state index contributed by atoms with van der Waals surface area (Å²) in [6.45, 7) is 4.27. The first-order valence-corrected chi connectivity index (χ1v) is 8.83. The van der Waals surface area contributed by atoms with Gasteiger partial charge in [-0.05, 0) is 31.5 Å². The number of anilines is 1. The Morgan fingerprint density at radius 2 is 2.12 bits per heavy atom. The number of hydrogen-bond donors (Lipinski definition) is 2. The number of nitrogens with zero attached hydrogens (tertiary/aromatic N) is 2. The average molecular weight is 357 g/mol. The summed E-state index contributed by atoms with van der Waals surface area (Å²) >= 11 is 1.42. The van der Waals surface area contributed by atoms with Crippen molar-refractivity contribution in [3.63, 3.8) is 0 Å². The van der Waals surface area contributed by atoms with Crippen LogP contribution in [-0.2, 0) is 16.0 Å². The number of aliphatic hydroxyl groups is 1. The highest BCUT2D eigenvalue weighted by Crippen LogP contribution is 2.32. The van der Waals surface area contributed by atoms with Crippen LogP contribution in [0.3, 0.4) is 0 Å². The minimum absolute atomic E-state index is 0.148. The fourth-order valence-corrected chi connectivity index (χ4v) is 3.53. The molecule has 1 aromatic heterocycles. The first-order chi connectivity index (χ1) is 12.0. The Kier molecular flexibility index (Phi) is 4.85. The number of aromatic nitrogens is 1. The smallest absolute Gasteiger partial charge is 0.310 e. The van der Waals surface area contributed by atoms with Gasteiger partial charge in [-0.2, -0.15) is 0 Å². The Morgan fingerprint density at radius 3 is 2.72 bits per heavy atom. The molecule has 3 rings (SSSR count). The molecule has 2 N–H and O–H groups in total. The number of rotatable bonds is 5. The van der Waals surface area contributed by atoms with E-state index in [1.807, 2.05) is 36.6 Å². The first-order valence-electron chi connectivity index (χ1n) is 7.95. The van der Waals surface area contributed by atoms with Gasteiger partial charge in [-0.25, -0.2) is 4.98 Å². The number of carbonyl (C=O) groups is 1. The van der Waals surface area contributed by atoms with Gasteiger partial charge in [0.15, 0.2) is 0 Å². The molecule has 0 saturated carbocycles.